The third kappa shape index (κ3) is 6.48. The average Bonchev–Trinajstić information content (AvgIpc) is 3.35. The van der Waals surface area contributed by atoms with Gasteiger partial charge in [0.05, 0.1) is 0 Å². The first-order valence-corrected chi connectivity index (χ1v) is 12.9. The fourth-order valence-corrected chi connectivity index (χ4v) is 7.18. The molecule has 27 heavy (non-hydrogen) atoms. The van der Waals surface area contributed by atoms with Gasteiger partial charge in [-0.2, -0.15) is 0 Å². The van der Waals surface area contributed by atoms with Crippen molar-refractivity contribution < 1.29 is 0 Å². The second kappa shape index (κ2) is 11.2. The van der Waals surface area contributed by atoms with Crippen molar-refractivity contribution in [3.63, 3.8) is 0 Å². The van der Waals surface area contributed by atoms with Crippen LogP contribution in [0.3, 0.4) is 0 Å². The summed E-state index contributed by atoms with van der Waals surface area (Å²) in [6.45, 7) is 7.38. The summed E-state index contributed by atoms with van der Waals surface area (Å²) in [4.78, 5) is 0. The molecule has 0 radical (unpaired) electrons. The van der Waals surface area contributed by atoms with E-state index >= 15 is 0 Å². The van der Waals surface area contributed by atoms with Gasteiger partial charge in [0.15, 0.2) is 0 Å². The Morgan fingerprint density at radius 1 is 0.852 bits per heavy atom. The van der Waals surface area contributed by atoms with Gasteiger partial charge < -0.3 is 5.32 Å². The van der Waals surface area contributed by atoms with Crippen LogP contribution in [0.1, 0.15) is 123 Å². The van der Waals surface area contributed by atoms with Crippen LogP contribution in [0, 0.1) is 29.1 Å². The van der Waals surface area contributed by atoms with Crippen LogP contribution in [0.2, 0.25) is 0 Å². The second-order valence-electron chi connectivity index (χ2n) is 10.9. The lowest BCUT2D eigenvalue weighted by atomic mass is 9.64. The lowest BCUT2D eigenvalue weighted by Crippen LogP contribution is -2.31. The highest BCUT2D eigenvalue weighted by molar-refractivity contribution is 4.94. The lowest BCUT2D eigenvalue weighted by molar-refractivity contribution is 0.0933. The van der Waals surface area contributed by atoms with E-state index in [0.29, 0.717) is 0 Å². The van der Waals surface area contributed by atoms with Crippen molar-refractivity contribution in [1.29, 1.82) is 0 Å². The molecular formula is C26H49N. The molecular weight excluding hydrogens is 326 g/mol. The van der Waals surface area contributed by atoms with E-state index in [1.165, 1.54) is 70.9 Å². The molecule has 0 saturated heterocycles. The van der Waals surface area contributed by atoms with Crippen LogP contribution < -0.4 is 5.32 Å². The van der Waals surface area contributed by atoms with Crippen molar-refractivity contribution in [1.82, 2.24) is 5.32 Å². The van der Waals surface area contributed by atoms with Crippen LogP contribution >= 0.6 is 0 Å². The van der Waals surface area contributed by atoms with Crippen molar-refractivity contribution in [3.8, 4) is 0 Å². The third-order valence-electron chi connectivity index (χ3n) is 8.72. The van der Waals surface area contributed by atoms with E-state index < -0.39 is 0 Å². The van der Waals surface area contributed by atoms with Crippen LogP contribution in [-0.4, -0.2) is 13.1 Å². The molecule has 1 heteroatoms. The van der Waals surface area contributed by atoms with Gasteiger partial charge in [0.1, 0.15) is 0 Å². The predicted octanol–water partition coefficient (Wildman–Crippen LogP) is 7.74. The SMILES string of the molecule is CCCCNCCC1CCC(CCC2CCCC2)(C2CCCC2)CC(C)C1. The van der Waals surface area contributed by atoms with Crippen LogP contribution in [-0.2, 0) is 0 Å². The molecule has 3 fully saturated rings. The average molecular weight is 376 g/mol. The molecule has 158 valence electrons. The number of nitrogens with one attached hydrogen (secondary N) is 1. The summed E-state index contributed by atoms with van der Waals surface area (Å²) in [6.07, 6.45) is 25.7. The minimum absolute atomic E-state index is 0.725. The van der Waals surface area contributed by atoms with E-state index in [-0.39, 0.29) is 0 Å². The molecule has 3 rings (SSSR count). The predicted molar refractivity (Wildman–Crippen MR) is 119 cm³/mol. The highest BCUT2D eigenvalue weighted by Gasteiger charge is 2.42. The largest absolute Gasteiger partial charge is 0.317 e. The quantitative estimate of drug-likeness (QED) is 0.304. The Kier molecular flexibility index (Phi) is 9.01. The maximum atomic E-state index is 3.71. The molecule has 0 aromatic rings. The fourth-order valence-electron chi connectivity index (χ4n) is 7.18. The van der Waals surface area contributed by atoms with Gasteiger partial charge in [-0.15, -0.1) is 0 Å². The maximum absolute atomic E-state index is 3.71. The maximum Gasteiger partial charge on any atom is -0.00463 e. The molecule has 0 aromatic heterocycles. The van der Waals surface area contributed by atoms with E-state index in [4.69, 9.17) is 0 Å². The summed E-state index contributed by atoms with van der Waals surface area (Å²) in [5.41, 5.74) is 0.725. The monoisotopic (exact) mass is 375 g/mol. The van der Waals surface area contributed by atoms with E-state index in [9.17, 15) is 0 Å². The summed E-state index contributed by atoms with van der Waals surface area (Å²) in [7, 11) is 0. The molecule has 3 atom stereocenters. The van der Waals surface area contributed by atoms with E-state index in [1.54, 1.807) is 51.4 Å². The van der Waals surface area contributed by atoms with E-state index in [0.717, 1.165) is 29.1 Å². The Morgan fingerprint density at radius 2 is 1.59 bits per heavy atom. The Bertz CT molecular complexity index is 393. The molecule has 1 nitrogen and oxygen atoms in total. The molecule has 3 aliphatic carbocycles. The smallest absolute Gasteiger partial charge is 0.00463 e. The third-order valence-corrected chi connectivity index (χ3v) is 8.72. The van der Waals surface area contributed by atoms with Crippen molar-refractivity contribution >= 4 is 0 Å². The first-order valence-electron chi connectivity index (χ1n) is 12.9. The van der Waals surface area contributed by atoms with Gasteiger partial charge in [0.25, 0.3) is 0 Å². The molecule has 0 aliphatic heterocycles. The molecule has 0 amide bonds. The highest BCUT2D eigenvalue weighted by atomic mass is 14.8. The number of hydrogen-bond donors (Lipinski definition) is 1. The zero-order chi connectivity index (χ0) is 19.0. The summed E-state index contributed by atoms with van der Waals surface area (Å²) < 4.78 is 0. The second-order valence-corrected chi connectivity index (χ2v) is 10.9. The van der Waals surface area contributed by atoms with Crippen molar-refractivity contribution in [2.45, 2.75) is 123 Å². The van der Waals surface area contributed by atoms with Crippen molar-refractivity contribution in [2.24, 2.45) is 29.1 Å². The summed E-state index contributed by atoms with van der Waals surface area (Å²) >= 11 is 0. The zero-order valence-corrected chi connectivity index (χ0v) is 18.7. The van der Waals surface area contributed by atoms with Crippen LogP contribution in [0.25, 0.3) is 0 Å². The van der Waals surface area contributed by atoms with Crippen molar-refractivity contribution in [2.75, 3.05) is 13.1 Å². The van der Waals surface area contributed by atoms with Gasteiger partial charge >= 0.3 is 0 Å². The highest BCUT2D eigenvalue weighted by Crippen LogP contribution is 2.54. The Labute approximate surface area is 170 Å². The fraction of sp³-hybridized carbons (Fsp3) is 1.00. The normalized spacial score (nSPS) is 33.6. The Balaban J connectivity index is 1.55. The summed E-state index contributed by atoms with van der Waals surface area (Å²) in [5, 5.41) is 3.71. The van der Waals surface area contributed by atoms with Crippen molar-refractivity contribution in [3.05, 3.63) is 0 Å². The number of hydrogen-bond acceptors (Lipinski definition) is 1. The molecule has 0 heterocycles. The van der Waals surface area contributed by atoms with Gasteiger partial charge in [0.2, 0.25) is 0 Å². The number of rotatable bonds is 10. The number of unbranched alkanes of at least 4 members (excludes halogenated alkanes) is 1. The molecule has 1 N–H and O–H groups in total. The molecule has 3 unspecified atom stereocenters. The van der Waals surface area contributed by atoms with Crippen LogP contribution in [0.15, 0.2) is 0 Å². The molecule has 0 aromatic carbocycles. The van der Waals surface area contributed by atoms with Crippen LogP contribution in [0.5, 0.6) is 0 Å². The van der Waals surface area contributed by atoms with Gasteiger partial charge in [0, 0.05) is 0 Å². The van der Waals surface area contributed by atoms with E-state index in [2.05, 4.69) is 19.2 Å². The standard InChI is InChI=1S/C26H49N/c1-3-4-18-27-19-15-24-14-17-26(21-22(2)20-24,25-11-7-8-12-25)16-13-23-9-5-6-10-23/h22-25,27H,3-21H2,1-2H3. The van der Waals surface area contributed by atoms with Gasteiger partial charge in [-0.3, -0.25) is 0 Å². The van der Waals surface area contributed by atoms with Gasteiger partial charge in [-0.25, -0.2) is 0 Å². The molecule has 0 spiro atoms. The molecule has 0 bridgehead atoms. The minimum Gasteiger partial charge on any atom is -0.317 e. The topological polar surface area (TPSA) is 12.0 Å². The first-order chi connectivity index (χ1) is 13.2. The zero-order valence-electron chi connectivity index (χ0n) is 18.7. The summed E-state index contributed by atoms with van der Waals surface area (Å²) in [5.74, 6) is 4.10. The Morgan fingerprint density at radius 3 is 2.33 bits per heavy atom. The molecule has 3 saturated carbocycles. The van der Waals surface area contributed by atoms with E-state index in [1.807, 2.05) is 0 Å². The molecule has 3 aliphatic rings. The first kappa shape index (κ1) is 21.7. The lowest BCUT2D eigenvalue weighted by Gasteiger charge is -2.41. The minimum atomic E-state index is 0.725. The van der Waals surface area contributed by atoms with Gasteiger partial charge in [-0.05, 0) is 106 Å². The summed E-state index contributed by atoms with van der Waals surface area (Å²) in [6, 6.07) is 0. The van der Waals surface area contributed by atoms with Crippen LogP contribution in [0.4, 0.5) is 0 Å². The van der Waals surface area contributed by atoms with Gasteiger partial charge in [-0.1, -0.05) is 58.8 Å². The Hall–Kier alpha value is -0.0400.